The first-order chi connectivity index (χ1) is 13.3. The van der Waals surface area contributed by atoms with Crippen molar-refractivity contribution in [1.29, 1.82) is 0 Å². The van der Waals surface area contributed by atoms with Gasteiger partial charge in [-0.1, -0.05) is 29.8 Å². The second-order valence-electron chi connectivity index (χ2n) is 6.03. The normalized spacial score (nSPS) is 15.6. The van der Waals surface area contributed by atoms with Gasteiger partial charge in [0.2, 0.25) is 10.0 Å². The molecule has 2 aromatic carbocycles. The molecule has 28 heavy (non-hydrogen) atoms. The smallest absolute Gasteiger partial charge is 0.387 e. The topological polar surface area (TPSA) is 66.9 Å². The van der Waals surface area contributed by atoms with E-state index < -0.39 is 16.6 Å². The number of ether oxygens (including phenoxy) is 1. The van der Waals surface area contributed by atoms with Gasteiger partial charge in [0, 0.05) is 31.7 Å². The molecule has 10 heteroatoms. The summed E-state index contributed by atoms with van der Waals surface area (Å²) in [5.74, 6) is -0.490. The molecular formula is C18H17ClF2N2O4S. The Hall–Kier alpha value is -2.23. The van der Waals surface area contributed by atoms with Crippen molar-refractivity contribution >= 4 is 27.5 Å². The van der Waals surface area contributed by atoms with E-state index in [9.17, 15) is 22.0 Å². The van der Waals surface area contributed by atoms with Gasteiger partial charge in [0.25, 0.3) is 5.91 Å². The zero-order valence-electron chi connectivity index (χ0n) is 14.6. The SMILES string of the molecule is O=C(c1cccc(OC(F)F)c1)N1CCN(S(=O)(=O)c2ccccc2Cl)CC1. The van der Waals surface area contributed by atoms with Gasteiger partial charge >= 0.3 is 6.61 Å². The van der Waals surface area contributed by atoms with Crippen molar-refractivity contribution in [2.75, 3.05) is 26.2 Å². The van der Waals surface area contributed by atoms with Gasteiger partial charge in [-0.25, -0.2) is 8.42 Å². The van der Waals surface area contributed by atoms with E-state index in [1.165, 1.54) is 45.6 Å². The Morgan fingerprint density at radius 3 is 2.36 bits per heavy atom. The summed E-state index contributed by atoms with van der Waals surface area (Å²) in [6.45, 7) is -2.44. The predicted molar refractivity (Wildman–Crippen MR) is 99.2 cm³/mol. The van der Waals surface area contributed by atoms with Gasteiger partial charge in [0.15, 0.2) is 0 Å². The highest BCUT2D eigenvalue weighted by Crippen LogP contribution is 2.25. The predicted octanol–water partition coefficient (Wildman–Crippen LogP) is 3.09. The first-order valence-electron chi connectivity index (χ1n) is 8.38. The highest BCUT2D eigenvalue weighted by atomic mass is 35.5. The van der Waals surface area contributed by atoms with Crippen LogP contribution in [0.2, 0.25) is 5.02 Å². The van der Waals surface area contributed by atoms with E-state index in [0.29, 0.717) is 0 Å². The molecule has 1 heterocycles. The maximum Gasteiger partial charge on any atom is 0.387 e. The first kappa shape index (κ1) is 20.5. The molecular weight excluding hydrogens is 414 g/mol. The van der Waals surface area contributed by atoms with Crippen LogP contribution in [-0.2, 0) is 10.0 Å². The lowest BCUT2D eigenvalue weighted by Crippen LogP contribution is -2.50. The van der Waals surface area contributed by atoms with Crippen LogP contribution in [0.15, 0.2) is 53.4 Å². The summed E-state index contributed by atoms with van der Waals surface area (Å²) in [5.41, 5.74) is 0.195. The van der Waals surface area contributed by atoms with E-state index in [1.54, 1.807) is 12.1 Å². The zero-order valence-corrected chi connectivity index (χ0v) is 16.2. The van der Waals surface area contributed by atoms with Crippen molar-refractivity contribution < 1.29 is 26.7 Å². The number of hydrogen-bond donors (Lipinski definition) is 0. The lowest BCUT2D eigenvalue weighted by atomic mass is 10.1. The lowest BCUT2D eigenvalue weighted by Gasteiger charge is -2.34. The molecule has 0 N–H and O–H groups in total. The summed E-state index contributed by atoms with van der Waals surface area (Å²) in [4.78, 5) is 14.1. The van der Waals surface area contributed by atoms with Crippen LogP contribution in [0.1, 0.15) is 10.4 Å². The van der Waals surface area contributed by atoms with Crippen LogP contribution in [0, 0.1) is 0 Å². The fraction of sp³-hybridized carbons (Fsp3) is 0.278. The quantitative estimate of drug-likeness (QED) is 0.731. The van der Waals surface area contributed by atoms with Gasteiger partial charge in [0.1, 0.15) is 10.6 Å². The number of piperazine rings is 1. The number of halogens is 3. The Morgan fingerprint density at radius 1 is 1.04 bits per heavy atom. The second-order valence-corrected chi connectivity index (χ2v) is 8.35. The summed E-state index contributed by atoms with van der Waals surface area (Å²) in [6.07, 6.45) is 0. The largest absolute Gasteiger partial charge is 0.435 e. The minimum Gasteiger partial charge on any atom is -0.435 e. The Labute approximate surface area is 166 Å². The molecule has 1 amide bonds. The number of sulfonamides is 1. The summed E-state index contributed by atoms with van der Waals surface area (Å²) in [7, 11) is -3.77. The average Bonchev–Trinajstić information content (AvgIpc) is 2.67. The van der Waals surface area contributed by atoms with Crippen molar-refractivity contribution in [3.05, 3.63) is 59.1 Å². The molecule has 0 bridgehead atoms. The van der Waals surface area contributed by atoms with Crippen molar-refractivity contribution in [2.24, 2.45) is 0 Å². The summed E-state index contributed by atoms with van der Waals surface area (Å²) < 4.78 is 55.8. The molecule has 1 saturated heterocycles. The van der Waals surface area contributed by atoms with Gasteiger partial charge in [-0.2, -0.15) is 13.1 Å². The van der Waals surface area contributed by atoms with Crippen LogP contribution in [0.25, 0.3) is 0 Å². The van der Waals surface area contributed by atoms with Crippen molar-refractivity contribution in [2.45, 2.75) is 11.5 Å². The van der Waals surface area contributed by atoms with Crippen LogP contribution in [0.4, 0.5) is 8.78 Å². The molecule has 150 valence electrons. The van der Waals surface area contributed by atoms with Crippen LogP contribution in [0.5, 0.6) is 5.75 Å². The fourth-order valence-corrected chi connectivity index (χ4v) is 4.83. The molecule has 0 atom stereocenters. The zero-order chi connectivity index (χ0) is 20.3. The summed E-state index contributed by atoms with van der Waals surface area (Å²) >= 11 is 6.00. The number of nitrogens with zero attached hydrogens (tertiary/aromatic N) is 2. The van der Waals surface area contributed by atoms with Crippen molar-refractivity contribution in [3.8, 4) is 5.75 Å². The van der Waals surface area contributed by atoms with Gasteiger partial charge in [0.05, 0.1) is 5.02 Å². The number of amides is 1. The maximum atomic E-state index is 12.8. The van der Waals surface area contributed by atoms with E-state index >= 15 is 0 Å². The number of hydrogen-bond acceptors (Lipinski definition) is 4. The van der Waals surface area contributed by atoms with E-state index in [1.807, 2.05) is 0 Å². The standard InChI is InChI=1S/C18H17ClF2N2O4S/c19-15-6-1-2-7-16(15)28(25,26)23-10-8-22(9-11-23)17(24)13-4-3-5-14(12-13)27-18(20)21/h1-7,12,18H,8-11H2. The molecule has 0 radical (unpaired) electrons. The van der Waals surface area contributed by atoms with E-state index in [2.05, 4.69) is 4.74 Å². The number of alkyl halides is 2. The molecule has 0 saturated carbocycles. The minimum absolute atomic E-state index is 0.0216. The van der Waals surface area contributed by atoms with Crippen molar-refractivity contribution in [3.63, 3.8) is 0 Å². The molecule has 3 rings (SSSR count). The molecule has 1 aliphatic heterocycles. The molecule has 6 nitrogen and oxygen atoms in total. The maximum absolute atomic E-state index is 12.8. The number of benzene rings is 2. The van der Waals surface area contributed by atoms with E-state index in [0.717, 1.165) is 0 Å². The Kier molecular flexibility index (Phi) is 6.17. The third-order valence-electron chi connectivity index (χ3n) is 4.29. The van der Waals surface area contributed by atoms with Gasteiger partial charge in [-0.3, -0.25) is 4.79 Å². The van der Waals surface area contributed by atoms with Gasteiger partial charge in [-0.05, 0) is 30.3 Å². The third-order valence-corrected chi connectivity index (χ3v) is 6.68. The summed E-state index contributed by atoms with van der Waals surface area (Å²) in [5, 5.41) is 0.136. The van der Waals surface area contributed by atoms with Gasteiger partial charge < -0.3 is 9.64 Å². The molecule has 2 aromatic rings. The highest BCUT2D eigenvalue weighted by Gasteiger charge is 2.31. The fourth-order valence-electron chi connectivity index (χ4n) is 2.91. The van der Waals surface area contributed by atoms with Crippen LogP contribution >= 0.6 is 11.6 Å². The molecule has 1 fully saturated rings. The Morgan fingerprint density at radius 2 is 1.71 bits per heavy atom. The number of carbonyl (C=O) groups excluding carboxylic acids is 1. The van der Waals surface area contributed by atoms with Crippen LogP contribution in [0.3, 0.4) is 0 Å². The first-order valence-corrected chi connectivity index (χ1v) is 10.2. The van der Waals surface area contributed by atoms with Crippen LogP contribution in [-0.4, -0.2) is 56.3 Å². The monoisotopic (exact) mass is 430 g/mol. The Balaban J connectivity index is 1.68. The molecule has 0 unspecified atom stereocenters. The van der Waals surface area contributed by atoms with E-state index in [-0.39, 0.29) is 53.3 Å². The third kappa shape index (κ3) is 4.43. The number of rotatable bonds is 5. The molecule has 0 spiro atoms. The summed E-state index contributed by atoms with van der Waals surface area (Å²) in [6, 6.07) is 11.7. The second kappa shape index (κ2) is 8.42. The number of carbonyl (C=O) groups is 1. The molecule has 0 aromatic heterocycles. The van der Waals surface area contributed by atoms with Crippen molar-refractivity contribution in [1.82, 2.24) is 9.21 Å². The van der Waals surface area contributed by atoms with Crippen LogP contribution < -0.4 is 4.74 Å². The average molecular weight is 431 g/mol. The minimum atomic E-state index is -3.77. The molecule has 0 aliphatic carbocycles. The van der Waals surface area contributed by atoms with Gasteiger partial charge in [-0.15, -0.1) is 0 Å². The van der Waals surface area contributed by atoms with E-state index in [4.69, 9.17) is 11.6 Å². The lowest BCUT2D eigenvalue weighted by molar-refractivity contribution is -0.0499. The highest BCUT2D eigenvalue weighted by molar-refractivity contribution is 7.89. The Bertz CT molecular complexity index is 964. The molecule has 1 aliphatic rings.